The second-order valence-corrected chi connectivity index (χ2v) is 7.27. The molecule has 0 fully saturated rings. The lowest BCUT2D eigenvalue weighted by molar-refractivity contribution is -0.112. The number of amides is 1. The molecule has 0 radical (unpaired) electrons. The van der Waals surface area contributed by atoms with Crippen LogP contribution in [0.4, 0.5) is 5.69 Å². The van der Waals surface area contributed by atoms with E-state index in [0.29, 0.717) is 22.8 Å². The van der Waals surface area contributed by atoms with Gasteiger partial charge in [-0.2, -0.15) is 5.26 Å². The Balaban J connectivity index is 1.46. The smallest absolute Gasteiger partial charge is 0.262 e. The lowest BCUT2D eigenvalue weighted by Crippen LogP contribution is -2.17. The van der Waals surface area contributed by atoms with Crippen molar-refractivity contribution >= 4 is 29.4 Å². The summed E-state index contributed by atoms with van der Waals surface area (Å²) in [5, 5.41) is 12.1. The molecule has 4 rings (SSSR count). The number of para-hydroxylation sites is 1. The summed E-state index contributed by atoms with van der Waals surface area (Å²) in [7, 11) is 0. The number of ether oxygens (including phenoxy) is 1. The van der Waals surface area contributed by atoms with Crippen LogP contribution in [0.25, 0.3) is 6.08 Å². The van der Waals surface area contributed by atoms with Gasteiger partial charge in [0.05, 0.1) is 22.2 Å². The number of fused-ring (bicyclic) bond motifs is 1. The van der Waals surface area contributed by atoms with Crippen LogP contribution in [-0.2, 0) is 11.4 Å². The summed E-state index contributed by atoms with van der Waals surface area (Å²) < 4.78 is 5.79. The molecule has 0 unspecified atom stereocenters. The molecule has 1 heterocycles. The Labute approximate surface area is 167 Å². The van der Waals surface area contributed by atoms with Crippen LogP contribution < -0.4 is 10.1 Å². The zero-order valence-electron chi connectivity index (χ0n) is 14.9. The Kier molecular flexibility index (Phi) is 5.14. The van der Waals surface area contributed by atoms with Crippen LogP contribution in [0.5, 0.6) is 5.75 Å². The Morgan fingerprint density at radius 1 is 1.00 bits per heavy atom. The molecule has 1 aliphatic heterocycles. The fraction of sp³-hybridized carbons (Fsp3) is 0.0435. The van der Waals surface area contributed by atoms with Crippen LogP contribution >= 0.6 is 11.8 Å². The molecule has 1 amide bonds. The van der Waals surface area contributed by atoms with E-state index in [2.05, 4.69) is 11.4 Å². The van der Waals surface area contributed by atoms with Gasteiger partial charge < -0.3 is 10.1 Å². The van der Waals surface area contributed by atoms with E-state index >= 15 is 0 Å². The Bertz CT molecular complexity index is 1100. The van der Waals surface area contributed by atoms with Crippen molar-refractivity contribution in [1.82, 2.24) is 0 Å². The summed E-state index contributed by atoms with van der Waals surface area (Å²) in [5.74, 6) is 0.609. The summed E-state index contributed by atoms with van der Waals surface area (Å²) in [4.78, 5) is 14.0. The first-order valence-corrected chi connectivity index (χ1v) is 9.55. The number of hydrogen-bond donors (Lipinski definition) is 1. The molecule has 0 bridgehead atoms. The first kappa shape index (κ1) is 17.9. The highest BCUT2D eigenvalue weighted by atomic mass is 32.2. The Morgan fingerprint density at radius 3 is 2.57 bits per heavy atom. The summed E-state index contributed by atoms with van der Waals surface area (Å²) in [6.07, 6.45) is 1.87. The van der Waals surface area contributed by atoms with Crippen molar-refractivity contribution in [3.8, 4) is 11.8 Å². The van der Waals surface area contributed by atoms with Gasteiger partial charge in [0.25, 0.3) is 5.91 Å². The third-order valence-electron chi connectivity index (χ3n) is 4.29. The van der Waals surface area contributed by atoms with Gasteiger partial charge in [-0.05, 0) is 42.0 Å². The maximum absolute atomic E-state index is 12.3. The number of rotatable bonds is 4. The zero-order chi connectivity index (χ0) is 19.3. The molecule has 0 atom stereocenters. The van der Waals surface area contributed by atoms with Crippen LogP contribution in [0, 0.1) is 11.3 Å². The number of nitrogens with one attached hydrogen (secondary N) is 1. The van der Waals surface area contributed by atoms with Gasteiger partial charge in [0, 0.05) is 10.5 Å². The average molecular weight is 384 g/mol. The first-order chi connectivity index (χ1) is 13.7. The SMILES string of the molecule is N#Cc1ccccc1COc1ccc(/C=C2\Sc3ccccc3NC2=O)cc1. The Morgan fingerprint density at radius 2 is 1.75 bits per heavy atom. The molecule has 3 aromatic carbocycles. The minimum Gasteiger partial charge on any atom is -0.489 e. The Hall–Kier alpha value is -3.49. The highest BCUT2D eigenvalue weighted by Crippen LogP contribution is 2.38. The summed E-state index contributed by atoms with van der Waals surface area (Å²) >= 11 is 1.46. The van der Waals surface area contributed by atoms with Gasteiger partial charge in [0.1, 0.15) is 12.4 Å². The highest BCUT2D eigenvalue weighted by Gasteiger charge is 2.20. The molecule has 3 aromatic rings. The predicted molar refractivity (Wildman–Crippen MR) is 111 cm³/mol. The van der Waals surface area contributed by atoms with Crippen molar-refractivity contribution in [3.63, 3.8) is 0 Å². The van der Waals surface area contributed by atoms with E-state index in [4.69, 9.17) is 10.00 Å². The van der Waals surface area contributed by atoms with Crippen molar-refractivity contribution in [1.29, 1.82) is 5.26 Å². The second-order valence-electron chi connectivity index (χ2n) is 6.19. The van der Waals surface area contributed by atoms with E-state index in [1.165, 1.54) is 11.8 Å². The lowest BCUT2D eigenvalue weighted by atomic mass is 10.1. The van der Waals surface area contributed by atoms with Gasteiger partial charge in [-0.15, -0.1) is 0 Å². The normalized spacial score (nSPS) is 14.1. The van der Waals surface area contributed by atoms with E-state index in [1.54, 1.807) is 6.07 Å². The van der Waals surface area contributed by atoms with Crippen LogP contribution in [0.3, 0.4) is 0 Å². The maximum Gasteiger partial charge on any atom is 0.262 e. The fourth-order valence-electron chi connectivity index (χ4n) is 2.83. The molecule has 28 heavy (non-hydrogen) atoms. The van der Waals surface area contributed by atoms with Crippen molar-refractivity contribution in [3.05, 3.63) is 94.4 Å². The molecule has 4 nitrogen and oxygen atoms in total. The molecule has 0 aromatic heterocycles. The summed E-state index contributed by atoms with van der Waals surface area (Å²) in [6.45, 7) is 0.333. The maximum atomic E-state index is 12.3. The highest BCUT2D eigenvalue weighted by molar-refractivity contribution is 8.04. The minimum atomic E-state index is -0.0999. The molecule has 1 aliphatic rings. The van der Waals surface area contributed by atoms with Gasteiger partial charge in [-0.25, -0.2) is 0 Å². The standard InChI is InChI=1S/C23H16N2O2S/c24-14-17-5-1-2-6-18(17)15-27-19-11-9-16(10-12-19)13-22-23(26)25-20-7-3-4-8-21(20)28-22/h1-13H,15H2,(H,25,26)/b22-13-. The van der Waals surface area contributed by atoms with Crippen molar-refractivity contribution in [2.75, 3.05) is 5.32 Å². The van der Waals surface area contributed by atoms with Crippen LogP contribution in [0.2, 0.25) is 0 Å². The third kappa shape index (κ3) is 3.93. The number of anilines is 1. The van der Waals surface area contributed by atoms with Crippen molar-refractivity contribution in [2.45, 2.75) is 11.5 Å². The lowest BCUT2D eigenvalue weighted by Gasteiger charge is -2.18. The van der Waals surface area contributed by atoms with E-state index in [9.17, 15) is 4.79 Å². The van der Waals surface area contributed by atoms with Gasteiger partial charge in [0.2, 0.25) is 0 Å². The molecular weight excluding hydrogens is 368 g/mol. The number of thioether (sulfide) groups is 1. The minimum absolute atomic E-state index is 0.0999. The number of nitriles is 1. The van der Waals surface area contributed by atoms with Crippen LogP contribution in [0.15, 0.2) is 82.6 Å². The molecule has 5 heteroatoms. The molecule has 0 aliphatic carbocycles. The fourth-order valence-corrected chi connectivity index (χ4v) is 3.78. The van der Waals surface area contributed by atoms with Gasteiger partial charge in [-0.1, -0.05) is 54.2 Å². The zero-order valence-corrected chi connectivity index (χ0v) is 15.7. The van der Waals surface area contributed by atoms with E-state index in [-0.39, 0.29) is 5.91 Å². The molecular formula is C23H16N2O2S. The second kappa shape index (κ2) is 8.03. The summed E-state index contributed by atoms with van der Waals surface area (Å²) in [6, 6.07) is 24.8. The molecule has 0 saturated heterocycles. The average Bonchev–Trinajstić information content (AvgIpc) is 2.74. The number of carbonyl (C=O) groups excluding carboxylic acids is 1. The largest absolute Gasteiger partial charge is 0.489 e. The predicted octanol–water partition coefficient (Wildman–Crippen LogP) is 5.22. The van der Waals surface area contributed by atoms with Gasteiger partial charge >= 0.3 is 0 Å². The van der Waals surface area contributed by atoms with Crippen molar-refractivity contribution < 1.29 is 9.53 Å². The van der Waals surface area contributed by atoms with Crippen LogP contribution in [0.1, 0.15) is 16.7 Å². The first-order valence-electron chi connectivity index (χ1n) is 8.74. The number of hydrogen-bond acceptors (Lipinski definition) is 4. The molecule has 136 valence electrons. The van der Waals surface area contributed by atoms with E-state index in [0.717, 1.165) is 21.7 Å². The number of carbonyl (C=O) groups is 1. The monoisotopic (exact) mass is 384 g/mol. The van der Waals surface area contributed by atoms with Gasteiger partial charge in [0.15, 0.2) is 0 Å². The molecule has 0 spiro atoms. The van der Waals surface area contributed by atoms with E-state index < -0.39 is 0 Å². The molecule has 1 N–H and O–H groups in total. The molecule has 0 saturated carbocycles. The summed E-state index contributed by atoms with van der Waals surface area (Å²) in [5.41, 5.74) is 3.23. The number of benzene rings is 3. The van der Waals surface area contributed by atoms with E-state index in [1.807, 2.05) is 72.8 Å². The van der Waals surface area contributed by atoms with Crippen molar-refractivity contribution in [2.24, 2.45) is 0 Å². The quantitative estimate of drug-likeness (QED) is 0.626. The topological polar surface area (TPSA) is 62.1 Å². The third-order valence-corrected chi connectivity index (χ3v) is 5.39. The number of nitrogens with zero attached hydrogens (tertiary/aromatic N) is 1. The van der Waals surface area contributed by atoms with Crippen LogP contribution in [-0.4, -0.2) is 5.91 Å². The van der Waals surface area contributed by atoms with Gasteiger partial charge in [-0.3, -0.25) is 4.79 Å².